The molecule has 1 heterocycles. The number of hydrogen-bond donors (Lipinski definition) is 1. The maximum absolute atomic E-state index is 13.2. The molecule has 0 bridgehead atoms. The van der Waals surface area contributed by atoms with Crippen molar-refractivity contribution >= 4 is 5.91 Å². The lowest BCUT2D eigenvalue weighted by molar-refractivity contribution is -0.143. The van der Waals surface area contributed by atoms with E-state index in [1.165, 1.54) is 12.1 Å². The summed E-state index contributed by atoms with van der Waals surface area (Å²) in [5, 5.41) is 0. The van der Waals surface area contributed by atoms with Gasteiger partial charge in [0.05, 0.1) is 11.6 Å². The molecule has 2 fully saturated rings. The second-order valence-electron chi connectivity index (χ2n) is 5.76. The smallest absolute Gasteiger partial charge is 0.331 e. The number of nitrogens with two attached hydrogens (primary N) is 1. The summed E-state index contributed by atoms with van der Waals surface area (Å²) in [7, 11) is 0. The first kappa shape index (κ1) is 14.4. The third-order valence-corrected chi connectivity index (χ3v) is 4.21. The van der Waals surface area contributed by atoms with Gasteiger partial charge < -0.3 is 10.6 Å². The lowest BCUT2D eigenvalue weighted by atomic mass is 9.87. The van der Waals surface area contributed by atoms with E-state index in [-0.39, 0.29) is 17.5 Å². The van der Waals surface area contributed by atoms with Gasteiger partial charge in [-0.3, -0.25) is 4.79 Å². The molecular formula is C15H17F3N2O. The summed E-state index contributed by atoms with van der Waals surface area (Å²) in [6.07, 6.45) is -1.99. The molecule has 1 saturated carbocycles. The zero-order chi connectivity index (χ0) is 15.2. The second-order valence-corrected chi connectivity index (χ2v) is 5.76. The Bertz CT molecular complexity index is 554. The Morgan fingerprint density at radius 2 is 1.81 bits per heavy atom. The summed E-state index contributed by atoms with van der Waals surface area (Å²) in [5.74, 6) is -0.0822. The molecule has 0 spiro atoms. The summed E-state index contributed by atoms with van der Waals surface area (Å²) >= 11 is 0. The number of piperidine rings is 1. The van der Waals surface area contributed by atoms with Crippen LogP contribution in [0, 0.1) is 0 Å². The van der Waals surface area contributed by atoms with E-state index >= 15 is 0 Å². The van der Waals surface area contributed by atoms with Gasteiger partial charge in [-0.25, -0.2) is 0 Å². The van der Waals surface area contributed by atoms with Crippen molar-refractivity contribution in [1.82, 2.24) is 4.90 Å². The van der Waals surface area contributed by atoms with Crippen molar-refractivity contribution in [3.05, 3.63) is 35.4 Å². The molecule has 114 valence electrons. The molecule has 2 aliphatic rings. The molecule has 2 unspecified atom stereocenters. The van der Waals surface area contributed by atoms with Gasteiger partial charge in [-0.15, -0.1) is 0 Å². The molecule has 21 heavy (non-hydrogen) atoms. The highest BCUT2D eigenvalue weighted by Gasteiger charge is 2.46. The van der Waals surface area contributed by atoms with Crippen LogP contribution < -0.4 is 5.73 Å². The molecule has 2 N–H and O–H groups in total. The number of benzene rings is 1. The van der Waals surface area contributed by atoms with E-state index in [9.17, 15) is 18.0 Å². The van der Waals surface area contributed by atoms with Crippen LogP contribution in [0.2, 0.25) is 0 Å². The van der Waals surface area contributed by atoms with Crippen LogP contribution in [0.15, 0.2) is 24.3 Å². The Labute approximate surface area is 120 Å². The van der Waals surface area contributed by atoms with E-state index in [1.807, 2.05) is 0 Å². The molecule has 1 aliphatic heterocycles. The normalized spacial score (nSPS) is 27.0. The van der Waals surface area contributed by atoms with E-state index in [4.69, 9.17) is 5.73 Å². The number of nitrogens with zero attached hydrogens (tertiary/aromatic N) is 1. The molecule has 1 aromatic carbocycles. The lowest BCUT2D eigenvalue weighted by Crippen LogP contribution is -2.50. The number of halogens is 3. The van der Waals surface area contributed by atoms with Crippen LogP contribution in [-0.4, -0.2) is 22.9 Å². The van der Waals surface area contributed by atoms with E-state index in [0.717, 1.165) is 18.9 Å². The number of likely N-dealkylation sites (tertiary alicyclic amines) is 1. The van der Waals surface area contributed by atoms with Crippen LogP contribution in [0.3, 0.4) is 0 Å². The van der Waals surface area contributed by atoms with E-state index in [0.29, 0.717) is 12.8 Å². The Kier molecular flexibility index (Phi) is 3.43. The lowest BCUT2D eigenvalue weighted by Gasteiger charge is -2.41. The number of alkyl halides is 3. The minimum absolute atomic E-state index is 0.0511. The van der Waals surface area contributed by atoms with Crippen LogP contribution in [-0.2, 0) is 11.0 Å². The Hall–Kier alpha value is -1.56. The molecule has 1 aliphatic carbocycles. The summed E-state index contributed by atoms with van der Waals surface area (Å²) in [4.78, 5) is 13.8. The third-order valence-electron chi connectivity index (χ3n) is 4.21. The van der Waals surface area contributed by atoms with Crippen LogP contribution in [0.25, 0.3) is 0 Å². The SMILES string of the molecule is NC1CCC(=O)N(C2CC2)C1c1ccccc1C(F)(F)F. The van der Waals surface area contributed by atoms with E-state index < -0.39 is 23.8 Å². The molecule has 3 nitrogen and oxygen atoms in total. The van der Waals surface area contributed by atoms with Gasteiger partial charge in [-0.2, -0.15) is 13.2 Å². The van der Waals surface area contributed by atoms with Gasteiger partial charge in [-0.05, 0) is 30.9 Å². The average Bonchev–Trinajstić information content (AvgIpc) is 3.24. The van der Waals surface area contributed by atoms with Gasteiger partial charge >= 0.3 is 6.18 Å². The van der Waals surface area contributed by atoms with Crippen molar-refractivity contribution in [3.8, 4) is 0 Å². The maximum Gasteiger partial charge on any atom is 0.416 e. The molecular weight excluding hydrogens is 281 g/mol. The maximum atomic E-state index is 13.2. The largest absolute Gasteiger partial charge is 0.416 e. The first-order valence-electron chi connectivity index (χ1n) is 7.12. The molecule has 1 aromatic rings. The van der Waals surface area contributed by atoms with E-state index in [2.05, 4.69) is 0 Å². The zero-order valence-corrected chi connectivity index (χ0v) is 11.4. The Morgan fingerprint density at radius 3 is 2.43 bits per heavy atom. The highest BCUT2D eigenvalue weighted by molar-refractivity contribution is 5.78. The standard InChI is InChI=1S/C15H17F3N2O/c16-15(17,18)11-4-2-1-3-10(11)14-12(19)7-8-13(21)20(14)9-5-6-9/h1-4,9,12,14H,5-8,19H2. The summed E-state index contributed by atoms with van der Waals surface area (Å²) in [5.41, 5.74) is 5.51. The number of carbonyl (C=O) groups is 1. The predicted octanol–water partition coefficient (Wildman–Crippen LogP) is 2.86. The summed E-state index contributed by atoms with van der Waals surface area (Å²) < 4.78 is 39.7. The van der Waals surface area contributed by atoms with Crippen molar-refractivity contribution in [3.63, 3.8) is 0 Å². The number of rotatable bonds is 2. The first-order valence-corrected chi connectivity index (χ1v) is 7.12. The molecule has 1 amide bonds. The average molecular weight is 298 g/mol. The minimum atomic E-state index is -4.44. The number of carbonyl (C=O) groups excluding carboxylic acids is 1. The molecule has 1 saturated heterocycles. The van der Waals surface area contributed by atoms with Gasteiger partial charge in [0, 0.05) is 18.5 Å². The molecule has 3 rings (SSSR count). The van der Waals surface area contributed by atoms with Gasteiger partial charge in [-0.1, -0.05) is 18.2 Å². The second kappa shape index (κ2) is 5.02. The fraction of sp³-hybridized carbons (Fsp3) is 0.533. The monoisotopic (exact) mass is 298 g/mol. The molecule has 2 atom stereocenters. The molecule has 0 radical (unpaired) electrons. The van der Waals surface area contributed by atoms with Crippen LogP contribution in [0.1, 0.15) is 42.9 Å². The van der Waals surface area contributed by atoms with Gasteiger partial charge in [0.25, 0.3) is 0 Å². The number of amides is 1. The van der Waals surface area contributed by atoms with Gasteiger partial charge in [0.2, 0.25) is 5.91 Å². The highest BCUT2D eigenvalue weighted by atomic mass is 19.4. The molecule has 0 aromatic heterocycles. The quantitative estimate of drug-likeness (QED) is 0.912. The van der Waals surface area contributed by atoms with Crippen LogP contribution >= 0.6 is 0 Å². The van der Waals surface area contributed by atoms with Crippen molar-refractivity contribution in [1.29, 1.82) is 0 Å². The van der Waals surface area contributed by atoms with Crippen molar-refractivity contribution in [2.24, 2.45) is 5.73 Å². The van der Waals surface area contributed by atoms with Crippen molar-refractivity contribution in [2.75, 3.05) is 0 Å². The van der Waals surface area contributed by atoms with Crippen molar-refractivity contribution < 1.29 is 18.0 Å². The van der Waals surface area contributed by atoms with Gasteiger partial charge in [0.1, 0.15) is 0 Å². The molecule has 6 heteroatoms. The number of hydrogen-bond acceptors (Lipinski definition) is 2. The Morgan fingerprint density at radius 1 is 1.14 bits per heavy atom. The van der Waals surface area contributed by atoms with Crippen LogP contribution in [0.4, 0.5) is 13.2 Å². The fourth-order valence-corrected chi connectivity index (χ4v) is 3.12. The van der Waals surface area contributed by atoms with Crippen LogP contribution in [0.5, 0.6) is 0 Å². The minimum Gasteiger partial charge on any atom is -0.331 e. The Balaban J connectivity index is 2.06. The highest BCUT2D eigenvalue weighted by Crippen LogP contribution is 2.43. The summed E-state index contributed by atoms with van der Waals surface area (Å²) in [6.45, 7) is 0. The van der Waals surface area contributed by atoms with E-state index in [1.54, 1.807) is 11.0 Å². The van der Waals surface area contributed by atoms with Crippen molar-refractivity contribution in [2.45, 2.75) is 50.0 Å². The van der Waals surface area contributed by atoms with Gasteiger partial charge in [0.15, 0.2) is 0 Å². The third kappa shape index (κ3) is 2.64. The summed E-state index contributed by atoms with van der Waals surface area (Å²) in [6, 6.07) is 4.37. The first-order chi connectivity index (χ1) is 9.89. The predicted molar refractivity (Wildman–Crippen MR) is 71.3 cm³/mol. The zero-order valence-electron chi connectivity index (χ0n) is 11.4. The fourth-order valence-electron chi connectivity index (χ4n) is 3.12. The topological polar surface area (TPSA) is 46.3 Å².